The normalized spacial score (nSPS) is 10.2. The number of rotatable bonds is 3. The molecule has 3 nitrogen and oxygen atoms in total. The molecule has 0 amide bonds. The Kier molecular flexibility index (Phi) is 3.08. The van der Waals surface area contributed by atoms with Gasteiger partial charge >= 0.3 is 0 Å². The molecule has 0 saturated carbocycles. The van der Waals surface area contributed by atoms with Gasteiger partial charge < -0.3 is 10.5 Å². The number of halogens is 1. The Hall–Kier alpha value is -1.26. The van der Waals surface area contributed by atoms with Crippen molar-refractivity contribution in [1.29, 1.82) is 0 Å². The van der Waals surface area contributed by atoms with Gasteiger partial charge in [-0.3, -0.25) is 0 Å². The molecule has 0 bridgehead atoms. The van der Waals surface area contributed by atoms with Crippen molar-refractivity contribution in [2.75, 3.05) is 5.73 Å². The summed E-state index contributed by atoms with van der Waals surface area (Å²) in [7, 11) is 0. The summed E-state index contributed by atoms with van der Waals surface area (Å²) < 4.78 is 5.50. The minimum atomic E-state index is 0.418. The van der Waals surface area contributed by atoms with Crippen LogP contribution in [0.1, 0.15) is 5.01 Å². The first-order valence-electron chi connectivity index (χ1n) is 4.32. The van der Waals surface area contributed by atoms with Gasteiger partial charge in [-0.1, -0.05) is 11.6 Å². The van der Waals surface area contributed by atoms with Gasteiger partial charge in [0, 0.05) is 23.3 Å². The van der Waals surface area contributed by atoms with Crippen LogP contribution in [0, 0.1) is 0 Å². The second-order valence-electron chi connectivity index (χ2n) is 2.90. The number of hydrogen-bond donors (Lipinski definition) is 1. The van der Waals surface area contributed by atoms with Crippen LogP contribution in [0.2, 0.25) is 5.02 Å². The number of thiazole rings is 1. The van der Waals surface area contributed by atoms with Crippen LogP contribution in [-0.4, -0.2) is 4.98 Å². The molecular formula is C10H9ClN2OS. The van der Waals surface area contributed by atoms with Crippen molar-refractivity contribution in [2.24, 2.45) is 0 Å². The molecule has 0 aliphatic rings. The van der Waals surface area contributed by atoms with Gasteiger partial charge in [0.1, 0.15) is 17.4 Å². The summed E-state index contributed by atoms with van der Waals surface area (Å²) in [5, 5.41) is 3.37. The minimum absolute atomic E-state index is 0.418. The quantitative estimate of drug-likeness (QED) is 0.840. The highest BCUT2D eigenvalue weighted by Crippen LogP contribution is 2.27. The summed E-state index contributed by atoms with van der Waals surface area (Å²) in [6, 6.07) is 5.16. The summed E-state index contributed by atoms with van der Waals surface area (Å²) in [4.78, 5) is 4.10. The fourth-order valence-corrected chi connectivity index (χ4v) is 1.79. The van der Waals surface area contributed by atoms with E-state index in [-0.39, 0.29) is 0 Å². The fraction of sp³-hybridized carbons (Fsp3) is 0.100. The fourth-order valence-electron chi connectivity index (χ4n) is 1.09. The van der Waals surface area contributed by atoms with Crippen molar-refractivity contribution in [2.45, 2.75) is 6.61 Å². The average molecular weight is 241 g/mol. The molecule has 1 aromatic heterocycles. The first-order chi connectivity index (χ1) is 7.25. The molecule has 0 unspecified atom stereocenters. The Morgan fingerprint density at radius 2 is 2.33 bits per heavy atom. The van der Waals surface area contributed by atoms with Crippen LogP contribution in [0.4, 0.5) is 5.69 Å². The predicted molar refractivity (Wildman–Crippen MR) is 62.3 cm³/mol. The number of aromatic nitrogens is 1. The van der Waals surface area contributed by atoms with Crippen LogP contribution in [0.25, 0.3) is 0 Å². The van der Waals surface area contributed by atoms with E-state index in [1.165, 1.54) is 0 Å². The van der Waals surface area contributed by atoms with Crippen molar-refractivity contribution in [3.8, 4) is 5.75 Å². The molecule has 0 atom stereocenters. The highest BCUT2D eigenvalue weighted by Gasteiger charge is 2.03. The maximum atomic E-state index is 5.94. The van der Waals surface area contributed by atoms with Gasteiger partial charge in [-0.25, -0.2) is 4.98 Å². The van der Waals surface area contributed by atoms with E-state index in [1.54, 1.807) is 35.7 Å². The lowest BCUT2D eigenvalue weighted by atomic mass is 10.3. The van der Waals surface area contributed by atoms with Gasteiger partial charge in [0.25, 0.3) is 0 Å². The Morgan fingerprint density at radius 3 is 3.07 bits per heavy atom. The number of ether oxygens (including phenoxy) is 1. The third-order valence-corrected chi connectivity index (χ3v) is 2.86. The zero-order valence-corrected chi connectivity index (χ0v) is 9.39. The Balaban J connectivity index is 2.07. The van der Waals surface area contributed by atoms with Crippen LogP contribution in [0.3, 0.4) is 0 Å². The average Bonchev–Trinajstić information content (AvgIpc) is 2.72. The third kappa shape index (κ3) is 2.61. The Labute approximate surface area is 96.5 Å². The number of anilines is 1. The zero-order chi connectivity index (χ0) is 10.7. The molecule has 0 radical (unpaired) electrons. The first kappa shape index (κ1) is 10.3. The van der Waals surface area contributed by atoms with E-state index in [0.29, 0.717) is 23.1 Å². The van der Waals surface area contributed by atoms with Gasteiger partial charge in [-0.2, -0.15) is 0 Å². The van der Waals surface area contributed by atoms with Crippen molar-refractivity contribution in [3.05, 3.63) is 39.8 Å². The van der Waals surface area contributed by atoms with Crippen molar-refractivity contribution < 1.29 is 4.74 Å². The smallest absolute Gasteiger partial charge is 0.140 e. The van der Waals surface area contributed by atoms with Crippen LogP contribution in [-0.2, 0) is 6.61 Å². The number of nitrogen functional groups attached to an aromatic ring is 1. The van der Waals surface area contributed by atoms with Gasteiger partial charge in [0.15, 0.2) is 0 Å². The van der Waals surface area contributed by atoms with Crippen LogP contribution >= 0.6 is 22.9 Å². The lowest BCUT2D eigenvalue weighted by molar-refractivity contribution is 0.306. The van der Waals surface area contributed by atoms with Gasteiger partial charge in [0.2, 0.25) is 0 Å². The summed E-state index contributed by atoms with van der Waals surface area (Å²) >= 11 is 7.48. The van der Waals surface area contributed by atoms with Crippen molar-refractivity contribution >= 4 is 28.6 Å². The monoisotopic (exact) mass is 240 g/mol. The molecule has 0 aliphatic heterocycles. The molecular weight excluding hydrogens is 232 g/mol. The van der Waals surface area contributed by atoms with Crippen LogP contribution in [0.15, 0.2) is 29.8 Å². The molecule has 5 heteroatoms. The molecule has 0 spiro atoms. The number of nitrogens with two attached hydrogens (primary N) is 1. The molecule has 2 aromatic rings. The van der Waals surface area contributed by atoms with E-state index >= 15 is 0 Å². The Morgan fingerprint density at radius 1 is 1.47 bits per heavy atom. The molecule has 2 rings (SSSR count). The third-order valence-electron chi connectivity index (χ3n) is 1.79. The van der Waals surface area contributed by atoms with E-state index in [0.717, 1.165) is 5.01 Å². The van der Waals surface area contributed by atoms with E-state index in [2.05, 4.69) is 4.98 Å². The predicted octanol–water partition coefficient (Wildman–Crippen LogP) is 2.96. The first-order valence-corrected chi connectivity index (χ1v) is 5.57. The van der Waals surface area contributed by atoms with Gasteiger partial charge in [0.05, 0.1) is 5.02 Å². The highest BCUT2D eigenvalue weighted by atomic mass is 35.5. The number of benzene rings is 1. The van der Waals surface area contributed by atoms with Crippen LogP contribution < -0.4 is 10.5 Å². The zero-order valence-electron chi connectivity index (χ0n) is 7.81. The van der Waals surface area contributed by atoms with Crippen LogP contribution in [0.5, 0.6) is 5.75 Å². The van der Waals surface area contributed by atoms with E-state index in [9.17, 15) is 0 Å². The summed E-state index contributed by atoms with van der Waals surface area (Å²) in [6.45, 7) is 0.418. The standard InChI is InChI=1S/C10H9ClN2OS/c11-8-2-1-7(12)5-9(8)14-6-10-13-3-4-15-10/h1-5H,6,12H2. The van der Waals surface area contributed by atoms with Crippen molar-refractivity contribution in [3.63, 3.8) is 0 Å². The maximum absolute atomic E-state index is 5.94. The van der Waals surface area contributed by atoms with E-state index in [4.69, 9.17) is 22.1 Å². The largest absolute Gasteiger partial charge is 0.485 e. The molecule has 0 aliphatic carbocycles. The molecule has 78 valence electrons. The Bertz CT molecular complexity index is 445. The van der Waals surface area contributed by atoms with E-state index in [1.807, 2.05) is 5.38 Å². The summed E-state index contributed by atoms with van der Waals surface area (Å²) in [5.74, 6) is 0.590. The lowest BCUT2D eigenvalue weighted by Gasteiger charge is -2.06. The second-order valence-corrected chi connectivity index (χ2v) is 4.29. The topological polar surface area (TPSA) is 48.1 Å². The SMILES string of the molecule is Nc1ccc(Cl)c(OCc2nccs2)c1. The maximum Gasteiger partial charge on any atom is 0.140 e. The van der Waals surface area contributed by atoms with Crippen molar-refractivity contribution in [1.82, 2.24) is 4.98 Å². The number of nitrogens with zero attached hydrogens (tertiary/aromatic N) is 1. The molecule has 1 aromatic carbocycles. The number of hydrogen-bond acceptors (Lipinski definition) is 4. The minimum Gasteiger partial charge on any atom is -0.485 e. The molecule has 2 N–H and O–H groups in total. The highest BCUT2D eigenvalue weighted by molar-refractivity contribution is 7.09. The van der Waals surface area contributed by atoms with Gasteiger partial charge in [-0.15, -0.1) is 11.3 Å². The molecule has 0 saturated heterocycles. The second kappa shape index (κ2) is 4.51. The van der Waals surface area contributed by atoms with Gasteiger partial charge in [-0.05, 0) is 12.1 Å². The lowest BCUT2D eigenvalue weighted by Crippen LogP contribution is -1.96. The molecule has 0 fully saturated rings. The van der Waals surface area contributed by atoms with E-state index < -0.39 is 0 Å². The molecule has 15 heavy (non-hydrogen) atoms. The summed E-state index contributed by atoms with van der Waals surface area (Å²) in [6.07, 6.45) is 1.74. The summed E-state index contributed by atoms with van der Waals surface area (Å²) in [5.41, 5.74) is 6.26. The molecule has 1 heterocycles.